The van der Waals surface area contributed by atoms with Crippen LogP contribution in [0.2, 0.25) is 5.28 Å². The summed E-state index contributed by atoms with van der Waals surface area (Å²) in [5, 5.41) is 7.29. The number of hydrogen-bond donors (Lipinski definition) is 0. The summed E-state index contributed by atoms with van der Waals surface area (Å²) in [6, 6.07) is 0. The lowest BCUT2D eigenvalue weighted by Gasteiger charge is -2.08. The van der Waals surface area contributed by atoms with E-state index >= 15 is 0 Å². The topological polar surface area (TPSA) is 41.9 Å². The molecule has 0 atom stereocenters. The molecule has 1 aromatic rings. The van der Waals surface area contributed by atoms with Gasteiger partial charge in [0.05, 0.1) is 6.20 Å². The van der Waals surface area contributed by atoms with Crippen LogP contribution in [-0.2, 0) is 0 Å². The fraction of sp³-hybridized carbons (Fsp3) is 0.400. The molecule has 0 unspecified atom stereocenters. The van der Waals surface area contributed by atoms with Crippen molar-refractivity contribution in [2.75, 3.05) is 19.0 Å². The van der Waals surface area contributed by atoms with Gasteiger partial charge in [-0.1, -0.05) is 0 Å². The van der Waals surface area contributed by atoms with Gasteiger partial charge in [-0.3, -0.25) is 0 Å². The van der Waals surface area contributed by atoms with Gasteiger partial charge in [-0.25, -0.2) is 0 Å². The Hall–Kier alpha value is -0.900. The SMILES string of the molecule is CN(C)c1cnnc(Cl)n1. The van der Waals surface area contributed by atoms with Crippen LogP contribution in [0.1, 0.15) is 0 Å². The molecule has 0 saturated heterocycles. The van der Waals surface area contributed by atoms with Gasteiger partial charge in [0, 0.05) is 14.1 Å². The van der Waals surface area contributed by atoms with E-state index in [-0.39, 0.29) is 5.28 Å². The van der Waals surface area contributed by atoms with E-state index in [1.54, 1.807) is 11.1 Å². The quantitative estimate of drug-likeness (QED) is 0.600. The molecule has 5 heteroatoms. The first kappa shape index (κ1) is 7.21. The van der Waals surface area contributed by atoms with Crippen LogP contribution in [0.25, 0.3) is 0 Å². The van der Waals surface area contributed by atoms with Crippen molar-refractivity contribution in [3.63, 3.8) is 0 Å². The summed E-state index contributed by atoms with van der Waals surface area (Å²) in [6.45, 7) is 0. The molecule has 0 fully saturated rings. The zero-order chi connectivity index (χ0) is 7.56. The lowest BCUT2D eigenvalue weighted by molar-refractivity contribution is 0.935. The zero-order valence-corrected chi connectivity index (χ0v) is 6.50. The smallest absolute Gasteiger partial charge is 0.244 e. The van der Waals surface area contributed by atoms with E-state index in [0.29, 0.717) is 5.82 Å². The van der Waals surface area contributed by atoms with Gasteiger partial charge in [0.15, 0.2) is 5.82 Å². The Balaban J connectivity index is 2.96. The zero-order valence-electron chi connectivity index (χ0n) is 5.74. The Kier molecular flexibility index (Phi) is 2.01. The van der Waals surface area contributed by atoms with Crippen molar-refractivity contribution >= 4 is 17.4 Å². The molecule has 0 aliphatic rings. The second-order valence-electron chi connectivity index (χ2n) is 1.98. The average molecular weight is 159 g/mol. The van der Waals surface area contributed by atoms with Crippen LogP contribution >= 0.6 is 11.6 Å². The van der Waals surface area contributed by atoms with Gasteiger partial charge in [-0.15, -0.1) is 5.10 Å². The van der Waals surface area contributed by atoms with E-state index in [9.17, 15) is 0 Å². The predicted molar refractivity (Wildman–Crippen MR) is 39.2 cm³/mol. The molecule has 0 spiro atoms. The van der Waals surface area contributed by atoms with Crippen LogP contribution in [0.5, 0.6) is 0 Å². The summed E-state index contributed by atoms with van der Waals surface area (Å²) in [5.41, 5.74) is 0. The van der Waals surface area contributed by atoms with E-state index in [1.165, 1.54) is 0 Å². The highest BCUT2D eigenvalue weighted by Gasteiger charge is 1.97. The number of rotatable bonds is 1. The fourth-order valence-electron chi connectivity index (χ4n) is 0.489. The normalized spacial score (nSPS) is 9.50. The Morgan fingerprint density at radius 3 is 2.60 bits per heavy atom. The second kappa shape index (κ2) is 2.79. The Labute approximate surface area is 63.9 Å². The minimum absolute atomic E-state index is 0.172. The van der Waals surface area contributed by atoms with Gasteiger partial charge in [0.1, 0.15) is 0 Å². The molecule has 54 valence electrons. The maximum absolute atomic E-state index is 5.48. The highest BCUT2D eigenvalue weighted by Crippen LogP contribution is 2.05. The summed E-state index contributed by atoms with van der Waals surface area (Å²) >= 11 is 5.48. The van der Waals surface area contributed by atoms with Crippen LogP contribution in [0.4, 0.5) is 5.82 Å². The van der Waals surface area contributed by atoms with Gasteiger partial charge in [-0.05, 0) is 11.6 Å². The van der Waals surface area contributed by atoms with Crippen molar-refractivity contribution in [3.05, 3.63) is 11.5 Å². The maximum Gasteiger partial charge on any atom is 0.244 e. The van der Waals surface area contributed by atoms with Crippen molar-refractivity contribution in [1.82, 2.24) is 15.2 Å². The molecule has 0 aliphatic carbocycles. The van der Waals surface area contributed by atoms with Crippen molar-refractivity contribution in [2.45, 2.75) is 0 Å². The van der Waals surface area contributed by atoms with Crippen LogP contribution in [0.15, 0.2) is 6.20 Å². The first-order valence-corrected chi connectivity index (χ1v) is 3.10. The molecule has 1 heterocycles. The van der Waals surface area contributed by atoms with Crippen molar-refractivity contribution in [1.29, 1.82) is 0 Å². The monoisotopic (exact) mass is 158 g/mol. The van der Waals surface area contributed by atoms with E-state index in [2.05, 4.69) is 15.2 Å². The van der Waals surface area contributed by atoms with Gasteiger partial charge in [-0.2, -0.15) is 10.1 Å². The molecule has 1 rings (SSSR count). The first-order chi connectivity index (χ1) is 4.70. The average Bonchev–Trinajstić information content (AvgIpc) is 1.88. The molecule has 0 amide bonds. The van der Waals surface area contributed by atoms with Crippen LogP contribution < -0.4 is 4.90 Å². The third-order valence-electron chi connectivity index (χ3n) is 0.978. The highest BCUT2D eigenvalue weighted by molar-refractivity contribution is 6.28. The largest absolute Gasteiger partial charge is 0.361 e. The van der Waals surface area contributed by atoms with Crippen molar-refractivity contribution < 1.29 is 0 Å². The Morgan fingerprint density at radius 2 is 2.20 bits per heavy atom. The van der Waals surface area contributed by atoms with Crippen LogP contribution in [-0.4, -0.2) is 29.3 Å². The van der Waals surface area contributed by atoms with Gasteiger partial charge in [0.2, 0.25) is 5.28 Å². The molecule has 0 aromatic carbocycles. The van der Waals surface area contributed by atoms with Crippen molar-refractivity contribution in [3.8, 4) is 0 Å². The number of aromatic nitrogens is 3. The van der Waals surface area contributed by atoms with E-state index in [1.807, 2.05) is 14.1 Å². The first-order valence-electron chi connectivity index (χ1n) is 2.72. The minimum Gasteiger partial charge on any atom is -0.361 e. The molecule has 0 aliphatic heterocycles. The molecule has 4 nitrogen and oxygen atoms in total. The number of anilines is 1. The molecule has 0 radical (unpaired) electrons. The van der Waals surface area contributed by atoms with Gasteiger partial charge in [0.25, 0.3) is 0 Å². The molecular formula is C5H7ClN4. The summed E-state index contributed by atoms with van der Waals surface area (Å²) in [4.78, 5) is 5.70. The maximum atomic E-state index is 5.48. The summed E-state index contributed by atoms with van der Waals surface area (Å²) < 4.78 is 0. The number of halogens is 1. The summed E-state index contributed by atoms with van der Waals surface area (Å²) in [7, 11) is 3.72. The molecule has 1 aromatic heterocycles. The molecular weight excluding hydrogens is 152 g/mol. The standard InChI is InChI=1S/C5H7ClN4/c1-10(2)4-3-7-9-5(6)8-4/h3H,1-2H3. The highest BCUT2D eigenvalue weighted by atomic mass is 35.5. The second-order valence-corrected chi connectivity index (χ2v) is 2.32. The molecule has 0 N–H and O–H groups in total. The van der Waals surface area contributed by atoms with E-state index in [4.69, 9.17) is 11.6 Å². The van der Waals surface area contributed by atoms with Crippen LogP contribution in [0.3, 0.4) is 0 Å². The third kappa shape index (κ3) is 1.54. The Morgan fingerprint density at radius 1 is 1.50 bits per heavy atom. The van der Waals surface area contributed by atoms with Gasteiger partial charge < -0.3 is 4.90 Å². The Bertz CT molecular complexity index is 225. The molecule has 0 saturated carbocycles. The minimum atomic E-state index is 0.172. The fourth-order valence-corrected chi connectivity index (χ4v) is 0.620. The lowest BCUT2D eigenvalue weighted by Crippen LogP contribution is -2.11. The number of hydrogen-bond acceptors (Lipinski definition) is 4. The summed E-state index contributed by atoms with van der Waals surface area (Å²) in [5.74, 6) is 0.708. The van der Waals surface area contributed by atoms with Gasteiger partial charge >= 0.3 is 0 Å². The van der Waals surface area contributed by atoms with E-state index in [0.717, 1.165) is 0 Å². The van der Waals surface area contributed by atoms with Crippen molar-refractivity contribution in [2.24, 2.45) is 0 Å². The van der Waals surface area contributed by atoms with E-state index < -0.39 is 0 Å². The lowest BCUT2D eigenvalue weighted by atomic mass is 10.6. The molecule has 0 bridgehead atoms. The summed E-state index contributed by atoms with van der Waals surface area (Å²) in [6.07, 6.45) is 1.55. The third-order valence-corrected chi connectivity index (χ3v) is 1.14. The number of nitrogens with zero attached hydrogens (tertiary/aromatic N) is 4. The predicted octanol–water partition coefficient (Wildman–Crippen LogP) is 0.591. The molecule has 10 heavy (non-hydrogen) atoms. The van der Waals surface area contributed by atoms with Crippen LogP contribution in [0, 0.1) is 0 Å².